The topological polar surface area (TPSA) is 87.2 Å². The van der Waals surface area contributed by atoms with Gasteiger partial charge in [-0.3, -0.25) is 14.4 Å². The number of esters is 1. The number of rotatable bonds is 12. The van der Waals surface area contributed by atoms with E-state index >= 15 is 0 Å². The first-order valence-electron chi connectivity index (χ1n) is 12.5. The number of aliphatic hydroxyl groups is 1. The first-order valence-corrected chi connectivity index (χ1v) is 14.3. The quantitative estimate of drug-likeness (QED) is 0.171. The maximum atomic E-state index is 14.2. The largest absolute Gasteiger partial charge is 0.466 e. The standard InChI is InChI=1S/C25H39BrN2O5S/c1-6-9-10-12-27(11-7-2)23(31)21-25-13-16(26)20(34-25)18(24(32)33-8-3)19(25)22(30)28(21)17(14-29)15(4)5/h7,15-21,29H,2,6,8-14H2,1,3-5H3/t16?,17-,18-,19-,20-,21?,25?/m0/s1. The number of carbonyl (C=O) groups excluding carboxylic acids is 3. The number of hydrogen-bond acceptors (Lipinski definition) is 6. The Balaban J connectivity index is 2.08. The summed E-state index contributed by atoms with van der Waals surface area (Å²) in [6.45, 7) is 12.6. The monoisotopic (exact) mass is 558 g/mol. The molecule has 0 saturated carbocycles. The van der Waals surface area contributed by atoms with Gasteiger partial charge in [0.1, 0.15) is 6.04 Å². The van der Waals surface area contributed by atoms with E-state index in [-0.39, 0.29) is 47.0 Å². The van der Waals surface area contributed by atoms with Gasteiger partial charge in [-0.2, -0.15) is 0 Å². The van der Waals surface area contributed by atoms with E-state index in [1.807, 2.05) is 13.8 Å². The Morgan fingerprint density at radius 3 is 2.65 bits per heavy atom. The van der Waals surface area contributed by atoms with Gasteiger partial charge >= 0.3 is 5.97 Å². The van der Waals surface area contributed by atoms with Gasteiger partial charge in [0.2, 0.25) is 11.8 Å². The van der Waals surface area contributed by atoms with Crippen molar-refractivity contribution in [1.29, 1.82) is 0 Å². The molecule has 3 aliphatic rings. The van der Waals surface area contributed by atoms with E-state index in [0.29, 0.717) is 19.5 Å². The van der Waals surface area contributed by atoms with E-state index in [0.717, 1.165) is 19.3 Å². The lowest BCUT2D eigenvalue weighted by atomic mass is 9.71. The number of unbranched alkanes of at least 4 members (excludes halogenated alkanes) is 2. The van der Waals surface area contributed by atoms with E-state index in [2.05, 4.69) is 29.4 Å². The number of ether oxygens (including phenoxy) is 1. The number of aliphatic hydroxyl groups excluding tert-OH is 1. The molecule has 1 N–H and O–H groups in total. The molecule has 0 aromatic heterocycles. The Morgan fingerprint density at radius 2 is 2.09 bits per heavy atom. The van der Waals surface area contributed by atoms with Crippen molar-refractivity contribution in [2.45, 2.75) is 80.3 Å². The van der Waals surface area contributed by atoms with Gasteiger partial charge in [-0.1, -0.05) is 55.6 Å². The number of likely N-dealkylation sites (tertiary alicyclic amines) is 1. The summed E-state index contributed by atoms with van der Waals surface area (Å²) in [6.07, 6.45) is 5.27. The fourth-order valence-electron chi connectivity index (χ4n) is 6.00. The predicted molar refractivity (Wildman–Crippen MR) is 138 cm³/mol. The van der Waals surface area contributed by atoms with E-state index in [1.165, 1.54) is 0 Å². The molecular formula is C25H39BrN2O5S. The second kappa shape index (κ2) is 11.3. The Kier molecular flexibility index (Phi) is 9.18. The number of halogens is 1. The molecule has 1 spiro atoms. The molecule has 0 aromatic carbocycles. The van der Waals surface area contributed by atoms with E-state index < -0.39 is 28.7 Å². The lowest BCUT2D eigenvalue weighted by Gasteiger charge is -2.41. The summed E-state index contributed by atoms with van der Waals surface area (Å²) < 4.78 is 4.67. The van der Waals surface area contributed by atoms with Crippen LogP contribution in [0.2, 0.25) is 0 Å². The molecule has 2 amide bonds. The molecule has 3 unspecified atom stereocenters. The zero-order valence-corrected chi connectivity index (χ0v) is 23.1. The molecule has 192 valence electrons. The highest BCUT2D eigenvalue weighted by Crippen LogP contribution is 2.68. The molecule has 7 atom stereocenters. The molecule has 3 aliphatic heterocycles. The number of amides is 2. The molecule has 9 heteroatoms. The van der Waals surface area contributed by atoms with Crippen molar-refractivity contribution in [1.82, 2.24) is 9.80 Å². The number of fused-ring (bicyclic) bond motifs is 1. The second-order valence-electron chi connectivity index (χ2n) is 9.94. The Bertz CT molecular complexity index is 795. The molecule has 34 heavy (non-hydrogen) atoms. The van der Waals surface area contributed by atoms with Crippen LogP contribution in [0, 0.1) is 17.8 Å². The van der Waals surface area contributed by atoms with Gasteiger partial charge in [0.05, 0.1) is 35.8 Å². The zero-order valence-electron chi connectivity index (χ0n) is 20.7. The van der Waals surface area contributed by atoms with Crippen LogP contribution in [0.25, 0.3) is 0 Å². The molecule has 3 rings (SSSR count). The molecule has 3 saturated heterocycles. The summed E-state index contributed by atoms with van der Waals surface area (Å²) in [6, 6.07) is -1.24. The van der Waals surface area contributed by atoms with Crippen molar-refractivity contribution >= 4 is 45.5 Å². The first kappa shape index (κ1) is 27.5. The third-order valence-electron chi connectivity index (χ3n) is 7.53. The van der Waals surface area contributed by atoms with Gasteiger partial charge in [-0.05, 0) is 25.7 Å². The fourth-order valence-corrected chi connectivity index (χ4v) is 9.59. The molecule has 2 bridgehead atoms. The van der Waals surface area contributed by atoms with E-state index in [4.69, 9.17) is 4.74 Å². The summed E-state index contributed by atoms with van der Waals surface area (Å²) in [4.78, 5) is 44.8. The third kappa shape index (κ3) is 4.57. The average Bonchev–Trinajstić information content (AvgIpc) is 3.37. The van der Waals surface area contributed by atoms with Crippen LogP contribution in [0.4, 0.5) is 0 Å². The van der Waals surface area contributed by atoms with Crippen molar-refractivity contribution in [2.24, 2.45) is 17.8 Å². The van der Waals surface area contributed by atoms with Crippen molar-refractivity contribution in [3.05, 3.63) is 12.7 Å². The second-order valence-corrected chi connectivity index (χ2v) is 12.7. The number of thioether (sulfide) groups is 1. The van der Waals surface area contributed by atoms with Crippen molar-refractivity contribution in [3.63, 3.8) is 0 Å². The maximum absolute atomic E-state index is 14.2. The summed E-state index contributed by atoms with van der Waals surface area (Å²) in [5.41, 5.74) is 0. The molecule has 0 radical (unpaired) electrons. The van der Waals surface area contributed by atoms with Gasteiger partial charge in [-0.25, -0.2) is 0 Å². The van der Waals surface area contributed by atoms with Gasteiger partial charge in [0, 0.05) is 23.2 Å². The normalized spacial score (nSPS) is 32.7. The molecule has 3 heterocycles. The zero-order chi connectivity index (χ0) is 25.2. The predicted octanol–water partition coefficient (Wildman–Crippen LogP) is 3.24. The van der Waals surface area contributed by atoms with Crippen LogP contribution in [0.1, 0.15) is 53.4 Å². The van der Waals surface area contributed by atoms with E-state index in [1.54, 1.807) is 34.6 Å². The Morgan fingerprint density at radius 1 is 1.38 bits per heavy atom. The summed E-state index contributed by atoms with van der Waals surface area (Å²) in [7, 11) is 0. The molecular weight excluding hydrogens is 520 g/mol. The smallest absolute Gasteiger partial charge is 0.310 e. The first-order chi connectivity index (χ1) is 16.2. The van der Waals surface area contributed by atoms with Gasteiger partial charge < -0.3 is 19.6 Å². The van der Waals surface area contributed by atoms with Crippen LogP contribution in [-0.2, 0) is 19.1 Å². The minimum atomic E-state index is -0.736. The van der Waals surface area contributed by atoms with Crippen LogP contribution < -0.4 is 0 Å². The van der Waals surface area contributed by atoms with Gasteiger partial charge in [0.25, 0.3) is 0 Å². The molecule has 0 aromatic rings. The van der Waals surface area contributed by atoms with Crippen LogP contribution in [0.3, 0.4) is 0 Å². The number of hydrogen-bond donors (Lipinski definition) is 1. The molecule has 3 fully saturated rings. The number of carbonyl (C=O) groups is 3. The minimum Gasteiger partial charge on any atom is -0.466 e. The molecule has 7 nitrogen and oxygen atoms in total. The highest BCUT2D eigenvalue weighted by molar-refractivity contribution is 9.09. The van der Waals surface area contributed by atoms with Crippen LogP contribution in [-0.4, -0.2) is 85.9 Å². The van der Waals surface area contributed by atoms with E-state index in [9.17, 15) is 19.5 Å². The Hall–Kier alpha value is -1.06. The molecule has 0 aliphatic carbocycles. The van der Waals surface area contributed by atoms with Crippen molar-refractivity contribution in [2.75, 3.05) is 26.3 Å². The van der Waals surface area contributed by atoms with Crippen LogP contribution in [0.15, 0.2) is 12.7 Å². The summed E-state index contributed by atoms with van der Waals surface area (Å²) >= 11 is 5.36. The summed E-state index contributed by atoms with van der Waals surface area (Å²) in [5.74, 6) is -1.95. The average molecular weight is 560 g/mol. The van der Waals surface area contributed by atoms with Gasteiger partial charge in [-0.15, -0.1) is 18.3 Å². The minimum absolute atomic E-state index is 0.00535. The van der Waals surface area contributed by atoms with Crippen LogP contribution >= 0.6 is 27.7 Å². The summed E-state index contributed by atoms with van der Waals surface area (Å²) in [5, 5.41) is 10.2. The third-order valence-corrected chi connectivity index (χ3v) is 10.7. The SMILES string of the molecule is C=CCN(CCCCC)C(=O)C1N([C@@H](CO)C(C)C)C(=O)[C@@H]2[C@H](C(=O)OCC)[C@H]3SC12CC3Br. The van der Waals surface area contributed by atoms with Gasteiger partial charge in [0.15, 0.2) is 0 Å². The maximum Gasteiger partial charge on any atom is 0.310 e. The fraction of sp³-hybridized carbons (Fsp3) is 0.800. The highest BCUT2D eigenvalue weighted by atomic mass is 79.9. The van der Waals surface area contributed by atoms with Crippen molar-refractivity contribution in [3.8, 4) is 0 Å². The number of alkyl halides is 1. The number of nitrogens with zero attached hydrogens (tertiary/aromatic N) is 2. The van der Waals surface area contributed by atoms with Crippen LogP contribution in [0.5, 0.6) is 0 Å². The Labute approximate surface area is 216 Å². The van der Waals surface area contributed by atoms with Crippen molar-refractivity contribution < 1.29 is 24.2 Å². The lowest BCUT2D eigenvalue weighted by Crippen LogP contribution is -2.58. The highest BCUT2D eigenvalue weighted by Gasteiger charge is 2.76. The lowest BCUT2D eigenvalue weighted by molar-refractivity contribution is -0.154.